The van der Waals surface area contributed by atoms with Crippen LogP contribution in [-0.4, -0.2) is 25.7 Å². The first-order chi connectivity index (χ1) is 9.33. The summed E-state index contributed by atoms with van der Waals surface area (Å²) in [6.45, 7) is 5.49. The molecule has 0 saturated carbocycles. The summed E-state index contributed by atoms with van der Waals surface area (Å²) in [4.78, 5) is 2.45. The maximum absolute atomic E-state index is 3.48. The summed E-state index contributed by atoms with van der Waals surface area (Å²) in [5, 5.41) is 3.48. The standard InChI is InChI=1S/C17H20N2/c1-14-13-19(12-11-18-14)17-9-7-16(8-10-17)15-5-3-2-4-6-15/h2-10,14,18H,11-13H2,1H3. The van der Waals surface area contributed by atoms with Gasteiger partial charge in [-0.05, 0) is 30.2 Å². The van der Waals surface area contributed by atoms with E-state index in [2.05, 4.69) is 71.7 Å². The lowest BCUT2D eigenvalue weighted by atomic mass is 10.1. The zero-order valence-electron chi connectivity index (χ0n) is 11.3. The zero-order chi connectivity index (χ0) is 13.1. The van der Waals surface area contributed by atoms with Crippen molar-refractivity contribution >= 4 is 5.69 Å². The molecule has 0 amide bonds. The van der Waals surface area contributed by atoms with Crippen LogP contribution in [-0.2, 0) is 0 Å². The Labute approximate surface area is 115 Å². The lowest BCUT2D eigenvalue weighted by molar-refractivity contribution is 0.485. The Bertz CT molecular complexity index is 519. The normalized spacial score (nSPS) is 19.4. The second-order valence-corrected chi connectivity index (χ2v) is 5.21. The van der Waals surface area contributed by atoms with E-state index in [1.165, 1.54) is 16.8 Å². The highest BCUT2D eigenvalue weighted by atomic mass is 15.2. The highest BCUT2D eigenvalue weighted by Crippen LogP contribution is 2.23. The first-order valence-corrected chi connectivity index (χ1v) is 6.97. The zero-order valence-corrected chi connectivity index (χ0v) is 11.3. The molecule has 2 nitrogen and oxygen atoms in total. The van der Waals surface area contributed by atoms with E-state index in [1.54, 1.807) is 0 Å². The van der Waals surface area contributed by atoms with Crippen molar-refractivity contribution in [3.05, 3.63) is 54.6 Å². The molecule has 2 aromatic carbocycles. The summed E-state index contributed by atoms with van der Waals surface area (Å²) in [6, 6.07) is 20.0. The average molecular weight is 252 g/mol. The van der Waals surface area contributed by atoms with E-state index < -0.39 is 0 Å². The van der Waals surface area contributed by atoms with Crippen molar-refractivity contribution in [3.8, 4) is 11.1 Å². The van der Waals surface area contributed by atoms with Gasteiger partial charge in [0.2, 0.25) is 0 Å². The Morgan fingerprint density at radius 1 is 0.947 bits per heavy atom. The maximum atomic E-state index is 3.48. The molecule has 2 heteroatoms. The minimum absolute atomic E-state index is 0.572. The van der Waals surface area contributed by atoms with E-state index in [1.807, 2.05) is 0 Å². The highest BCUT2D eigenvalue weighted by molar-refractivity contribution is 5.66. The Kier molecular flexibility index (Phi) is 3.51. The van der Waals surface area contributed by atoms with E-state index >= 15 is 0 Å². The number of benzene rings is 2. The lowest BCUT2D eigenvalue weighted by Gasteiger charge is -2.33. The third kappa shape index (κ3) is 2.79. The van der Waals surface area contributed by atoms with Gasteiger partial charge in [0.05, 0.1) is 0 Å². The van der Waals surface area contributed by atoms with Crippen molar-refractivity contribution in [1.82, 2.24) is 5.32 Å². The van der Waals surface area contributed by atoms with E-state index in [0.29, 0.717) is 6.04 Å². The molecule has 1 unspecified atom stereocenters. The van der Waals surface area contributed by atoms with Crippen molar-refractivity contribution in [3.63, 3.8) is 0 Å². The summed E-state index contributed by atoms with van der Waals surface area (Å²) in [5.74, 6) is 0. The molecule has 0 spiro atoms. The minimum atomic E-state index is 0.572. The summed E-state index contributed by atoms with van der Waals surface area (Å²) >= 11 is 0. The molecular formula is C17H20N2. The van der Waals surface area contributed by atoms with Crippen LogP contribution in [0.1, 0.15) is 6.92 Å². The van der Waals surface area contributed by atoms with Crippen LogP contribution >= 0.6 is 0 Å². The molecule has 98 valence electrons. The minimum Gasteiger partial charge on any atom is -0.369 e. The quantitative estimate of drug-likeness (QED) is 0.883. The number of hydrogen-bond acceptors (Lipinski definition) is 2. The van der Waals surface area contributed by atoms with Gasteiger partial charge < -0.3 is 10.2 Å². The molecule has 2 aromatic rings. The van der Waals surface area contributed by atoms with Crippen molar-refractivity contribution in [2.45, 2.75) is 13.0 Å². The van der Waals surface area contributed by atoms with Crippen molar-refractivity contribution in [2.75, 3.05) is 24.5 Å². The maximum Gasteiger partial charge on any atom is 0.0367 e. The Morgan fingerprint density at radius 3 is 2.32 bits per heavy atom. The molecule has 0 aliphatic carbocycles. The van der Waals surface area contributed by atoms with Gasteiger partial charge in [0.15, 0.2) is 0 Å². The van der Waals surface area contributed by atoms with Crippen LogP contribution in [0.25, 0.3) is 11.1 Å². The Balaban J connectivity index is 1.79. The van der Waals surface area contributed by atoms with Gasteiger partial charge in [-0.15, -0.1) is 0 Å². The number of piperazine rings is 1. The fourth-order valence-electron chi connectivity index (χ4n) is 2.66. The van der Waals surface area contributed by atoms with Gasteiger partial charge in [-0.2, -0.15) is 0 Å². The SMILES string of the molecule is CC1CN(c2ccc(-c3ccccc3)cc2)CCN1. The number of hydrogen-bond donors (Lipinski definition) is 1. The molecular weight excluding hydrogens is 232 g/mol. The number of nitrogens with zero attached hydrogens (tertiary/aromatic N) is 1. The topological polar surface area (TPSA) is 15.3 Å². The van der Waals surface area contributed by atoms with E-state index in [4.69, 9.17) is 0 Å². The van der Waals surface area contributed by atoms with Crippen LogP contribution in [0.5, 0.6) is 0 Å². The average Bonchev–Trinajstić information content (AvgIpc) is 2.48. The second kappa shape index (κ2) is 5.45. The summed E-state index contributed by atoms with van der Waals surface area (Å²) in [5.41, 5.74) is 3.89. The fourth-order valence-corrected chi connectivity index (χ4v) is 2.66. The summed E-state index contributed by atoms with van der Waals surface area (Å²) in [7, 11) is 0. The smallest absolute Gasteiger partial charge is 0.0367 e. The van der Waals surface area contributed by atoms with Gasteiger partial charge in [-0.3, -0.25) is 0 Å². The first kappa shape index (κ1) is 12.2. The number of anilines is 1. The third-order valence-electron chi connectivity index (χ3n) is 3.71. The molecule has 1 atom stereocenters. The van der Waals surface area contributed by atoms with Crippen molar-refractivity contribution in [2.24, 2.45) is 0 Å². The Morgan fingerprint density at radius 2 is 1.63 bits per heavy atom. The number of nitrogens with one attached hydrogen (secondary N) is 1. The van der Waals surface area contributed by atoms with Crippen molar-refractivity contribution in [1.29, 1.82) is 0 Å². The lowest BCUT2D eigenvalue weighted by Crippen LogP contribution is -2.49. The molecule has 3 rings (SSSR count). The van der Waals surface area contributed by atoms with Gasteiger partial charge >= 0.3 is 0 Å². The molecule has 0 aromatic heterocycles. The van der Waals surface area contributed by atoms with E-state index in [0.717, 1.165) is 19.6 Å². The van der Waals surface area contributed by atoms with Crippen molar-refractivity contribution < 1.29 is 0 Å². The summed E-state index contributed by atoms with van der Waals surface area (Å²) in [6.07, 6.45) is 0. The monoisotopic (exact) mass is 252 g/mol. The van der Waals surface area contributed by atoms with Crippen LogP contribution in [0.15, 0.2) is 54.6 Å². The molecule has 1 saturated heterocycles. The second-order valence-electron chi connectivity index (χ2n) is 5.21. The summed E-state index contributed by atoms with van der Waals surface area (Å²) < 4.78 is 0. The van der Waals surface area contributed by atoms with Gasteiger partial charge in [-0.1, -0.05) is 42.5 Å². The van der Waals surface area contributed by atoms with Crippen LogP contribution in [0.3, 0.4) is 0 Å². The molecule has 1 aliphatic rings. The largest absolute Gasteiger partial charge is 0.369 e. The van der Waals surface area contributed by atoms with Crippen LogP contribution in [0.4, 0.5) is 5.69 Å². The number of rotatable bonds is 2. The van der Waals surface area contributed by atoms with Gasteiger partial charge in [0.25, 0.3) is 0 Å². The molecule has 1 N–H and O–H groups in total. The highest BCUT2D eigenvalue weighted by Gasteiger charge is 2.15. The van der Waals surface area contributed by atoms with Gasteiger partial charge in [-0.25, -0.2) is 0 Å². The molecule has 0 bridgehead atoms. The van der Waals surface area contributed by atoms with E-state index in [-0.39, 0.29) is 0 Å². The molecule has 1 fully saturated rings. The molecule has 1 heterocycles. The van der Waals surface area contributed by atoms with Gasteiger partial charge in [0, 0.05) is 31.4 Å². The van der Waals surface area contributed by atoms with Crippen LogP contribution < -0.4 is 10.2 Å². The predicted octanol–water partition coefficient (Wildman–Crippen LogP) is 3.15. The first-order valence-electron chi connectivity index (χ1n) is 6.97. The molecule has 19 heavy (non-hydrogen) atoms. The predicted molar refractivity (Wildman–Crippen MR) is 81.6 cm³/mol. The third-order valence-corrected chi connectivity index (χ3v) is 3.71. The molecule has 1 aliphatic heterocycles. The Hall–Kier alpha value is -1.80. The fraction of sp³-hybridized carbons (Fsp3) is 0.294. The molecule has 0 radical (unpaired) electrons. The van der Waals surface area contributed by atoms with Gasteiger partial charge in [0.1, 0.15) is 0 Å². The van der Waals surface area contributed by atoms with Crippen LogP contribution in [0, 0.1) is 0 Å². The van der Waals surface area contributed by atoms with Crippen LogP contribution in [0.2, 0.25) is 0 Å². The van der Waals surface area contributed by atoms with E-state index in [9.17, 15) is 0 Å².